The van der Waals surface area contributed by atoms with Crippen molar-refractivity contribution >= 4 is 17.0 Å². The number of aromatic hydroxyl groups is 1. The first kappa shape index (κ1) is 21.6. The van der Waals surface area contributed by atoms with Gasteiger partial charge in [0.1, 0.15) is 22.5 Å². The molecule has 0 radical (unpaired) electrons. The van der Waals surface area contributed by atoms with Gasteiger partial charge in [-0.2, -0.15) is 13.2 Å². The van der Waals surface area contributed by atoms with Gasteiger partial charge in [-0.25, -0.2) is 0 Å². The molecule has 3 aromatic rings. The van der Waals surface area contributed by atoms with Gasteiger partial charge in [0.25, 0.3) is 0 Å². The average molecular weight is 421 g/mol. The zero-order valence-corrected chi connectivity index (χ0v) is 16.9. The molecule has 0 fully saturated rings. The summed E-state index contributed by atoms with van der Waals surface area (Å²) < 4.78 is 39.0. The maximum absolute atomic E-state index is 13.0. The minimum Gasteiger partial charge on any atom is -0.505 e. The van der Waals surface area contributed by atoms with Crippen LogP contribution in [-0.4, -0.2) is 31.2 Å². The van der Waals surface area contributed by atoms with E-state index in [1.54, 1.807) is 19.1 Å². The third-order valence-electron chi connectivity index (χ3n) is 4.84. The number of hydrogen-bond acceptors (Lipinski definition) is 4. The monoisotopic (exact) mass is 421 g/mol. The largest absolute Gasteiger partial charge is 0.505 e. The minimum atomic E-state index is -4.51. The fourth-order valence-electron chi connectivity index (χ4n) is 3.16. The molecule has 1 unspecified atom stereocenters. The van der Waals surface area contributed by atoms with Crippen molar-refractivity contribution in [3.63, 3.8) is 0 Å². The predicted molar refractivity (Wildman–Crippen MR) is 105 cm³/mol. The number of hydrogen-bond donors (Lipinski definition) is 2. The maximum Gasteiger partial charge on any atom is 0.416 e. The third-order valence-corrected chi connectivity index (χ3v) is 4.84. The molecule has 0 bridgehead atoms. The number of phenolic OH excluding ortho intramolecular Hbond substituents is 1. The predicted octanol–water partition coefficient (Wildman–Crippen LogP) is 4.71. The van der Waals surface area contributed by atoms with Crippen molar-refractivity contribution in [1.82, 2.24) is 15.0 Å². The highest BCUT2D eigenvalue weighted by atomic mass is 19.4. The van der Waals surface area contributed by atoms with Gasteiger partial charge in [-0.05, 0) is 41.7 Å². The lowest BCUT2D eigenvalue weighted by molar-refractivity contribution is -0.141. The zero-order valence-electron chi connectivity index (χ0n) is 16.9. The Morgan fingerprint density at radius 3 is 2.30 bits per heavy atom. The summed E-state index contributed by atoms with van der Waals surface area (Å²) in [6, 6.07) is 6.35. The second-order valence-corrected chi connectivity index (χ2v) is 8.40. The molecule has 0 aliphatic heterocycles. The van der Waals surface area contributed by atoms with Gasteiger partial charge < -0.3 is 10.2 Å². The Labute approximate surface area is 170 Å². The van der Waals surface area contributed by atoms with Crippen molar-refractivity contribution in [3.05, 3.63) is 47.0 Å². The van der Waals surface area contributed by atoms with Crippen LogP contribution in [0.2, 0.25) is 0 Å². The van der Waals surface area contributed by atoms with E-state index in [1.807, 2.05) is 20.8 Å². The van der Waals surface area contributed by atoms with Gasteiger partial charge in [0.2, 0.25) is 0 Å². The lowest BCUT2D eigenvalue weighted by atomic mass is 9.84. The fraction of sp³-hybridized carbons (Fsp3) is 0.381. The topological polar surface area (TPSA) is 88.2 Å². The molecule has 3 rings (SSSR count). The molecule has 1 heterocycles. The molecule has 6 nitrogen and oxygen atoms in total. The first-order valence-electron chi connectivity index (χ1n) is 9.31. The molecule has 160 valence electrons. The Morgan fingerprint density at radius 2 is 1.73 bits per heavy atom. The summed E-state index contributed by atoms with van der Waals surface area (Å²) >= 11 is 0. The number of rotatable bonds is 4. The van der Waals surface area contributed by atoms with E-state index in [9.17, 15) is 28.2 Å². The maximum atomic E-state index is 13.0. The first-order chi connectivity index (χ1) is 13.8. The van der Waals surface area contributed by atoms with Gasteiger partial charge in [0.15, 0.2) is 0 Å². The second kappa shape index (κ2) is 7.30. The van der Waals surface area contributed by atoms with E-state index < -0.39 is 29.0 Å². The summed E-state index contributed by atoms with van der Waals surface area (Å²) in [4.78, 5) is 12.4. The Hall–Kier alpha value is -3.10. The Kier molecular flexibility index (Phi) is 5.26. The summed E-state index contributed by atoms with van der Waals surface area (Å²) in [5, 5.41) is 28.4. The van der Waals surface area contributed by atoms with Crippen LogP contribution in [-0.2, 0) is 22.8 Å². The fourth-order valence-corrected chi connectivity index (χ4v) is 3.16. The molecule has 9 heteroatoms. The summed E-state index contributed by atoms with van der Waals surface area (Å²) in [5.74, 6) is -1.72. The summed E-state index contributed by atoms with van der Waals surface area (Å²) in [6.07, 6.45) is -4.29. The number of alkyl halides is 3. The van der Waals surface area contributed by atoms with Crippen molar-refractivity contribution in [1.29, 1.82) is 0 Å². The van der Waals surface area contributed by atoms with Gasteiger partial charge in [-0.3, -0.25) is 4.79 Å². The van der Waals surface area contributed by atoms with Crippen LogP contribution >= 0.6 is 0 Å². The van der Waals surface area contributed by atoms with Gasteiger partial charge in [0, 0.05) is 5.56 Å². The van der Waals surface area contributed by atoms with Crippen LogP contribution in [0.1, 0.15) is 44.4 Å². The molecule has 0 amide bonds. The van der Waals surface area contributed by atoms with Gasteiger partial charge in [0.05, 0.1) is 11.5 Å². The molecular formula is C21H22F3N3O3. The molecule has 0 saturated heterocycles. The summed E-state index contributed by atoms with van der Waals surface area (Å²) in [6.45, 7) is 7.24. The molecule has 1 atom stereocenters. The molecular weight excluding hydrogens is 399 g/mol. The van der Waals surface area contributed by atoms with Crippen LogP contribution in [0.25, 0.3) is 16.7 Å². The third kappa shape index (κ3) is 4.24. The minimum absolute atomic E-state index is 0.0332. The van der Waals surface area contributed by atoms with E-state index >= 15 is 0 Å². The van der Waals surface area contributed by atoms with Gasteiger partial charge in [-0.15, -0.1) is 15.0 Å². The lowest BCUT2D eigenvalue weighted by Gasteiger charge is -2.23. The highest BCUT2D eigenvalue weighted by Crippen LogP contribution is 2.37. The zero-order chi connectivity index (χ0) is 22.4. The van der Waals surface area contributed by atoms with E-state index in [1.165, 1.54) is 6.07 Å². The van der Waals surface area contributed by atoms with Crippen LogP contribution in [0.5, 0.6) is 5.75 Å². The number of carboxylic acid groups (broad SMARTS) is 1. The molecule has 0 aliphatic carbocycles. The number of carbonyl (C=O) groups is 1. The Bertz CT molecular complexity index is 1110. The smallest absolute Gasteiger partial charge is 0.416 e. The SMILES string of the molecule is CC(Cc1cc(-n2nc3ccc(C(F)(F)F)cc3n2)c(O)c(C(C)(C)C)c1)C(=O)O. The van der Waals surface area contributed by atoms with Crippen LogP contribution in [0.4, 0.5) is 13.2 Å². The Morgan fingerprint density at radius 1 is 1.10 bits per heavy atom. The van der Waals surface area contributed by atoms with Crippen molar-refractivity contribution in [2.75, 3.05) is 0 Å². The van der Waals surface area contributed by atoms with Crippen LogP contribution in [0.15, 0.2) is 30.3 Å². The van der Waals surface area contributed by atoms with Gasteiger partial charge >= 0.3 is 12.1 Å². The van der Waals surface area contributed by atoms with Crippen molar-refractivity contribution in [2.24, 2.45) is 5.92 Å². The number of benzene rings is 2. The van der Waals surface area contributed by atoms with Crippen molar-refractivity contribution in [2.45, 2.75) is 45.7 Å². The van der Waals surface area contributed by atoms with Crippen molar-refractivity contribution < 1.29 is 28.2 Å². The highest BCUT2D eigenvalue weighted by molar-refractivity contribution is 5.75. The quantitative estimate of drug-likeness (QED) is 0.637. The standard InChI is InChI=1S/C21H22F3N3O3/c1-11(19(29)30)7-12-8-14(20(2,3)4)18(28)17(9-12)27-25-15-6-5-13(21(22,23)24)10-16(15)26-27/h5-6,8-11,28H,7H2,1-4H3,(H,29,30). The van der Waals surface area contributed by atoms with E-state index in [0.29, 0.717) is 11.1 Å². The van der Waals surface area contributed by atoms with E-state index in [4.69, 9.17) is 0 Å². The summed E-state index contributed by atoms with van der Waals surface area (Å²) in [7, 11) is 0. The van der Waals surface area contributed by atoms with Crippen LogP contribution in [0, 0.1) is 5.92 Å². The molecule has 0 saturated carbocycles. The number of carboxylic acids is 1. The number of halogens is 3. The van der Waals surface area contributed by atoms with Crippen LogP contribution in [0.3, 0.4) is 0 Å². The highest BCUT2D eigenvalue weighted by Gasteiger charge is 2.31. The average Bonchev–Trinajstić information content (AvgIpc) is 3.04. The van der Waals surface area contributed by atoms with E-state index in [-0.39, 0.29) is 28.9 Å². The van der Waals surface area contributed by atoms with E-state index in [0.717, 1.165) is 16.9 Å². The number of aliphatic carboxylic acids is 1. The second-order valence-electron chi connectivity index (χ2n) is 8.40. The van der Waals surface area contributed by atoms with E-state index in [2.05, 4.69) is 10.2 Å². The molecule has 2 N–H and O–H groups in total. The molecule has 0 spiro atoms. The molecule has 2 aromatic carbocycles. The number of fused-ring (bicyclic) bond motifs is 1. The lowest BCUT2D eigenvalue weighted by Crippen LogP contribution is -2.16. The number of phenols is 1. The first-order valence-corrected chi connectivity index (χ1v) is 9.31. The Balaban J connectivity index is 2.17. The normalized spacial score (nSPS) is 13.6. The number of aromatic nitrogens is 3. The van der Waals surface area contributed by atoms with Crippen LogP contribution < -0.4 is 0 Å². The molecule has 30 heavy (non-hydrogen) atoms. The van der Waals surface area contributed by atoms with Gasteiger partial charge in [-0.1, -0.05) is 33.8 Å². The molecule has 0 aliphatic rings. The molecule has 1 aromatic heterocycles. The summed E-state index contributed by atoms with van der Waals surface area (Å²) in [5.41, 5.74) is 0.349. The van der Waals surface area contributed by atoms with Crippen molar-refractivity contribution in [3.8, 4) is 11.4 Å². The number of nitrogens with zero attached hydrogens (tertiary/aromatic N) is 3.